The third-order valence-corrected chi connectivity index (χ3v) is 3.53. The van der Waals surface area contributed by atoms with E-state index >= 15 is 0 Å². The normalized spacial score (nSPS) is 10.3. The van der Waals surface area contributed by atoms with Gasteiger partial charge in [0, 0.05) is 25.7 Å². The first-order valence-corrected chi connectivity index (χ1v) is 6.51. The molecule has 0 saturated heterocycles. The fourth-order valence-corrected chi connectivity index (χ4v) is 2.06. The highest BCUT2D eigenvalue weighted by molar-refractivity contribution is 9.10. The molecule has 1 amide bonds. The Morgan fingerprint density at radius 2 is 1.90 bits per heavy atom. The molecule has 0 fully saturated rings. The molecule has 1 heterocycles. The summed E-state index contributed by atoms with van der Waals surface area (Å²) in [7, 11) is 0. The Bertz CT molecular complexity index is 661. The molecule has 0 radical (unpaired) electrons. The molecule has 0 bridgehead atoms. The second-order valence-electron chi connectivity index (χ2n) is 4.10. The van der Waals surface area contributed by atoms with E-state index in [0.29, 0.717) is 0 Å². The van der Waals surface area contributed by atoms with Crippen molar-refractivity contribution in [2.24, 2.45) is 0 Å². The fraction of sp³-hybridized carbons (Fsp3) is 0.455. The molecule has 0 saturated carbocycles. The zero-order valence-electron chi connectivity index (χ0n) is 11.0. The van der Waals surface area contributed by atoms with E-state index in [4.69, 9.17) is 5.11 Å². The first-order valence-electron chi connectivity index (χ1n) is 5.71. The van der Waals surface area contributed by atoms with Crippen LogP contribution in [0.4, 0.5) is 0 Å². The third-order valence-electron chi connectivity index (χ3n) is 2.62. The molecule has 0 unspecified atom stereocenters. The molecule has 9 heteroatoms. The van der Waals surface area contributed by atoms with Crippen molar-refractivity contribution in [3.8, 4) is 0 Å². The highest BCUT2D eigenvalue weighted by Crippen LogP contribution is 2.08. The van der Waals surface area contributed by atoms with E-state index in [-0.39, 0.29) is 29.2 Å². The topological polar surface area (TPSA) is 110 Å². The van der Waals surface area contributed by atoms with Gasteiger partial charge in [-0.2, -0.15) is 0 Å². The maximum absolute atomic E-state index is 12.1. The van der Waals surface area contributed by atoms with Crippen LogP contribution >= 0.6 is 15.9 Å². The van der Waals surface area contributed by atoms with Gasteiger partial charge in [-0.05, 0) is 22.9 Å². The highest BCUT2D eigenvalue weighted by Gasteiger charge is 2.16. The van der Waals surface area contributed by atoms with Gasteiger partial charge >= 0.3 is 11.7 Å². The van der Waals surface area contributed by atoms with Crippen LogP contribution < -0.4 is 16.6 Å². The highest BCUT2D eigenvalue weighted by atomic mass is 79.9. The van der Waals surface area contributed by atoms with Crippen LogP contribution in [-0.4, -0.2) is 32.7 Å². The van der Waals surface area contributed by atoms with Crippen LogP contribution in [0.25, 0.3) is 0 Å². The summed E-state index contributed by atoms with van der Waals surface area (Å²) in [6.07, 6.45) is 0. The van der Waals surface area contributed by atoms with Crippen LogP contribution in [0.5, 0.6) is 0 Å². The zero-order chi connectivity index (χ0) is 15.4. The summed E-state index contributed by atoms with van der Waals surface area (Å²) in [6.45, 7) is 2.33. The lowest BCUT2D eigenvalue weighted by Gasteiger charge is -2.13. The molecule has 110 valence electrons. The minimum atomic E-state index is -1.19. The van der Waals surface area contributed by atoms with Gasteiger partial charge < -0.3 is 10.4 Å². The summed E-state index contributed by atoms with van der Waals surface area (Å²) in [6, 6.07) is 0. The monoisotopic (exact) mass is 347 g/mol. The number of carboxylic acid groups (broad SMARTS) is 1. The van der Waals surface area contributed by atoms with Crippen LogP contribution in [-0.2, 0) is 22.7 Å². The van der Waals surface area contributed by atoms with Crippen LogP contribution in [0.1, 0.15) is 12.6 Å². The van der Waals surface area contributed by atoms with E-state index in [0.717, 1.165) is 9.13 Å². The van der Waals surface area contributed by atoms with Crippen LogP contribution in [0.15, 0.2) is 14.1 Å². The van der Waals surface area contributed by atoms with Crippen molar-refractivity contribution in [1.29, 1.82) is 0 Å². The Labute approximate surface area is 122 Å². The number of amides is 1. The first kappa shape index (κ1) is 16.2. The third kappa shape index (κ3) is 3.56. The summed E-state index contributed by atoms with van der Waals surface area (Å²) in [5.41, 5.74) is -1.03. The van der Waals surface area contributed by atoms with Gasteiger partial charge in [-0.15, -0.1) is 0 Å². The molecule has 0 atom stereocenters. The molecular weight excluding hydrogens is 334 g/mol. The number of rotatable bonds is 5. The van der Waals surface area contributed by atoms with E-state index in [1.54, 1.807) is 0 Å². The lowest BCUT2D eigenvalue weighted by atomic mass is 10.4. The van der Waals surface area contributed by atoms with Crippen molar-refractivity contribution < 1.29 is 14.7 Å². The first-order chi connectivity index (χ1) is 9.25. The van der Waals surface area contributed by atoms with Gasteiger partial charge in [-0.25, -0.2) is 4.79 Å². The number of carboxylic acids is 1. The molecule has 20 heavy (non-hydrogen) atoms. The quantitative estimate of drug-likeness (QED) is 0.731. The molecule has 0 aromatic carbocycles. The molecule has 0 aliphatic carbocycles. The molecule has 0 aliphatic rings. The Kier molecular flexibility index (Phi) is 5.26. The average molecular weight is 348 g/mol. The molecular formula is C11H14BrN3O5. The van der Waals surface area contributed by atoms with Gasteiger partial charge in [-0.3, -0.25) is 23.5 Å². The largest absolute Gasteiger partial charge is 0.480 e. The Balaban J connectivity index is 3.27. The number of nitrogens with zero attached hydrogens (tertiary/aromatic N) is 2. The van der Waals surface area contributed by atoms with Crippen molar-refractivity contribution in [3.63, 3.8) is 0 Å². The smallest absolute Gasteiger partial charge is 0.331 e. The van der Waals surface area contributed by atoms with Crippen molar-refractivity contribution in [2.75, 3.05) is 6.54 Å². The van der Waals surface area contributed by atoms with Gasteiger partial charge in [-0.1, -0.05) is 0 Å². The number of carbonyl (C=O) groups excluding carboxylic acids is 1. The van der Waals surface area contributed by atoms with Crippen molar-refractivity contribution in [3.05, 3.63) is 31.0 Å². The van der Waals surface area contributed by atoms with Crippen LogP contribution in [0, 0.1) is 6.92 Å². The van der Waals surface area contributed by atoms with Crippen LogP contribution in [0.2, 0.25) is 0 Å². The summed E-state index contributed by atoms with van der Waals surface area (Å²) in [5, 5.41) is 11.3. The number of hydrogen-bond donors (Lipinski definition) is 2. The minimum absolute atomic E-state index is 0.0320. The summed E-state index contributed by atoms with van der Waals surface area (Å²) >= 11 is 3.05. The molecule has 0 spiro atoms. The number of carbonyl (C=O) groups is 2. The van der Waals surface area contributed by atoms with Crippen LogP contribution in [0.3, 0.4) is 0 Å². The second kappa shape index (κ2) is 6.51. The fourth-order valence-electron chi connectivity index (χ4n) is 1.63. The maximum Gasteiger partial charge on any atom is 0.331 e. The van der Waals surface area contributed by atoms with Crippen molar-refractivity contribution >= 4 is 27.8 Å². The predicted molar refractivity (Wildman–Crippen MR) is 73.7 cm³/mol. The lowest BCUT2D eigenvalue weighted by Crippen LogP contribution is -2.44. The van der Waals surface area contributed by atoms with Gasteiger partial charge in [0.25, 0.3) is 5.56 Å². The van der Waals surface area contributed by atoms with E-state index in [2.05, 4.69) is 21.2 Å². The van der Waals surface area contributed by atoms with E-state index < -0.39 is 23.8 Å². The number of hydrogen-bond acceptors (Lipinski definition) is 4. The Morgan fingerprint density at radius 1 is 1.30 bits per heavy atom. The molecule has 2 N–H and O–H groups in total. The van der Waals surface area contributed by atoms with Gasteiger partial charge in [0.1, 0.15) is 11.0 Å². The summed E-state index contributed by atoms with van der Waals surface area (Å²) in [4.78, 5) is 45.6. The number of aliphatic carboxylic acids is 1. The van der Waals surface area contributed by atoms with Gasteiger partial charge in [0.15, 0.2) is 0 Å². The standard InChI is InChI=1S/C11H14BrN3O5/c1-6-9(12)10(19)14(4-3-13-7(2)16)11(20)15(6)5-8(17)18/h3-5H2,1-2H3,(H,13,16)(H,17,18). The maximum atomic E-state index is 12.1. The lowest BCUT2D eigenvalue weighted by molar-refractivity contribution is -0.137. The van der Waals surface area contributed by atoms with E-state index in [1.165, 1.54) is 13.8 Å². The molecule has 1 rings (SSSR count). The SMILES string of the molecule is CC(=O)NCCn1c(=O)c(Br)c(C)n(CC(=O)O)c1=O. The molecule has 8 nitrogen and oxygen atoms in total. The summed E-state index contributed by atoms with van der Waals surface area (Å²) in [5.74, 6) is -1.47. The van der Waals surface area contributed by atoms with Gasteiger partial charge in [0.05, 0.1) is 0 Å². The van der Waals surface area contributed by atoms with Crippen molar-refractivity contribution in [1.82, 2.24) is 14.5 Å². The second-order valence-corrected chi connectivity index (χ2v) is 4.89. The van der Waals surface area contributed by atoms with E-state index in [9.17, 15) is 19.2 Å². The molecule has 0 aliphatic heterocycles. The number of aromatic nitrogens is 2. The number of nitrogens with one attached hydrogen (secondary N) is 1. The Hall–Kier alpha value is -1.90. The van der Waals surface area contributed by atoms with E-state index in [1.807, 2.05) is 0 Å². The van der Waals surface area contributed by atoms with Gasteiger partial charge in [0.2, 0.25) is 5.91 Å². The zero-order valence-corrected chi connectivity index (χ0v) is 12.6. The summed E-state index contributed by atoms with van der Waals surface area (Å²) < 4.78 is 2.00. The number of halogens is 1. The molecule has 1 aromatic heterocycles. The Morgan fingerprint density at radius 3 is 2.40 bits per heavy atom. The minimum Gasteiger partial charge on any atom is -0.480 e. The van der Waals surface area contributed by atoms with Crippen molar-refractivity contribution in [2.45, 2.75) is 26.9 Å². The molecule has 1 aromatic rings. The predicted octanol–water partition coefficient (Wildman–Crippen LogP) is -0.698. The average Bonchev–Trinajstić information content (AvgIpc) is 2.36.